The first-order valence-corrected chi connectivity index (χ1v) is 10.6. The minimum Gasteiger partial charge on any atom is -0.465 e. The third-order valence-electron chi connectivity index (χ3n) is 4.47. The van der Waals surface area contributed by atoms with Crippen LogP contribution in [0.2, 0.25) is 5.02 Å². The maximum absolute atomic E-state index is 12.8. The molecule has 1 aromatic heterocycles. The first-order chi connectivity index (χ1) is 12.9. The number of amides is 1. The van der Waals surface area contributed by atoms with Crippen molar-refractivity contribution in [2.24, 2.45) is 0 Å². The Bertz CT molecular complexity index is 884. The highest BCUT2D eigenvalue weighted by molar-refractivity contribution is 9.10. The summed E-state index contributed by atoms with van der Waals surface area (Å²) >= 11 is 11.0. The van der Waals surface area contributed by atoms with Crippen molar-refractivity contribution in [2.45, 2.75) is 26.3 Å². The van der Waals surface area contributed by atoms with Crippen LogP contribution < -0.4 is 5.32 Å². The van der Waals surface area contributed by atoms with Crippen molar-refractivity contribution in [2.75, 3.05) is 25.5 Å². The molecule has 0 radical (unpaired) electrons. The van der Waals surface area contributed by atoms with Crippen molar-refractivity contribution in [3.8, 4) is 0 Å². The topological polar surface area (TPSA) is 58.6 Å². The average Bonchev–Trinajstić information content (AvgIpc) is 3.00. The first-order valence-electron chi connectivity index (χ1n) is 8.66. The van der Waals surface area contributed by atoms with Gasteiger partial charge in [-0.05, 0) is 43.1 Å². The number of rotatable bonds is 5. The normalized spacial score (nSPS) is 13.9. The largest absolute Gasteiger partial charge is 0.465 e. The van der Waals surface area contributed by atoms with Gasteiger partial charge in [-0.25, -0.2) is 4.79 Å². The standard InChI is InChI=1S/C19H20BrClN2O3S/c1-3-7-23-8-6-12-15(10-23)27-18(16(12)19(25)26-2)22-17(24)13-9-11(20)4-5-14(13)21/h4-5,9H,3,6-8,10H2,1-2H3,(H,22,24). The highest BCUT2D eigenvalue weighted by Crippen LogP contribution is 2.38. The quantitative estimate of drug-likeness (QED) is 0.626. The molecule has 2 heterocycles. The number of ether oxygens (including phenoxy) is 1. The van der Waals surface area contributed by atoms with E-state index in [4.69, 9.17) is 16.3 Å². The number of nitrogens with zero attached hydrogens (tertiary/aromatic N) is 1. The summed E-state index contributed by atoms with van der Waals surface area (Å²) in [5.41, 5.74) is 1.80. The zero-order valence-electron chi connectivity index (χ0n) is 15.1. The molecule has 1 amide bonds. The first kappa shape index (κ1) is 20.3. The van der Waals surface area contributed by atoms with Crippen molar-refractivity contribution in [3.05, 3.63) is 49.3 Å². The maximum atomic E-state index is 12.8. The lowest BCUT2D eigenvalue weighted by Gasteiger charge is -2.26. The molecule has 0 atom stereocenters. The van der Waals surface area contributed by atoms with Crippen LogP contribution in [-0.2, 0) is 17.7 Å². The summed E-state index contributed by atoms with van der Waals surface area (Å²) in [7, 11) is 1.36. The molecule has 0 spiro atoms. The summed E-state index contributed by atoms with van der Waals surface area (Å²) in [5, 5.41) is 3.74. The molecule has 1 N–H and O–H groups in total. The Labute approximate surface area is 175 Å². The Kier molecular flexibility index (Phi) is 6.57. The molecule has 0 saturated heterocycles. The number of carbonyl (C=O) groups is 2. The smallest absolute Gasteiger partial charge is 0.341 e. The van der Waals surface area contributed by atoms with Gasteiger partial charge in [-0.3, -0.25) is 9.69 Å². The second kappa shape index (κ2) is 8.73. The Morgan fingerprint density at radius 1 is 1.41 bits per heavy atom. The minimum absolute atomic E-state index is 0.348. The highest BCUT2D eigenvalue weighted by atomic mass is 79.9. The van der Waals surface area contributed by atoms with E-state index in [-0.39, 0.29) is 5.91 Å². The molecule has 2 aromatic rings. The van der Waals surface area contributed by atoms with Gasteiger partial charge in [0.25, 0.3) is 5.91 Å². The van der Waals surface area contributed by atoms with Crippen molar-refractivity contribution in [1.29, 1.82) is 0 Å². The van der Waals surface area contributed by atoms with Crippen molar-refractivity contribution in [3.63, 3.8) is 0 Å². The second-order valence-electron chi connectivity index (χ2n) is 6.30. The molecule has 0 unspecified atom stereocenters. The molecule has 0 saturated carbocycles. The predicted octanol–water partition coefficient (Wildman–Crippen LogP) is 4.97. The van der Waals surface area contributed by atoms with Crippen LogP contribution in [0.5, 0.6) is 0 Å². The number of anilines is 1. The van der Waals surface area contributed by atoms with Gasteiger partial charge in [0.1, 0.15) is 5.00 Å². The van der Waals surface area contributed by atoms with E-state index >= 15 is 0 Å². The van der Waals surface area contributed by atoms with Gasteiger partial charge < -0.3 is 10.1 Å². The molecular formula is C19H20BrClN2O3S. The lowest BCUT2D eigenvalue weighted by Crippen LogP contribution is -2.30. The Morgan fingerprint density at radius 2 is 2.19 bits per heavy atom. The van der Waals surface area contributed by atoms with E-state index in [0.717, 1.165) is 47.4 Å². The van der Waals surface area contributed by atoms with E-state index in [1.165, 1.54) is 18.4 Å². The summed E-state index contributed by atoms with van der Waals surface area (Å²) in [6.07, 6.45) is 1.85. The minimum atomic E-state index is -0.424. The van der Waals surface area contributed by atoms with E-state index in [1.807, 2.05) is 0 Å². The van der Waals surface area contributed by atoms with Crippen LogP contribution in [0.3, 0.4) is 0 Å². The molecule has 27 heavy (non-hydrogen) atoms. The second-order valence-corrected chi connectivity index (χ2v) is 8.73. The molecule has 5 nitrogen and oxygen atoms in total. The number of methoxy groups -OCH3 is 1. The molecule has 1 aromatic carbocycles. The Hall–Kier alpha value is -1.41. The van der Waals surface area contributed by atoms with E-state index in [1.54, 1.807) is 18.2 Å². The molecule has 1 aliphatic rings. The SMILES string of the molecule is CCCN1CCc2c(sc(NC(=O)c3cc(Br)ccc3Cl)c2C(=O)OC)C1. The molecule has 0 fully saturated rings. The van der Waals surface area contributed by atoms with E-state index < -0.39 is 5.97 Å². The molecule has 3 rings (SSSR count). The van der Waals surface area contributed by atoms with Gasteiger partial charge in [0, 0.05) is 22.4 Å². The Morgan fingerprint density at radius 3 is 2.89 bits per heavy atom. The maximum Gasteiger partial charge on any atom is 0.341 e. The molecule has 1 aliphatic heterocycles. The van der Waals surface area contributed by atoms with Crippen LogP contribution in [0.15, 0.2) is 22.7 Å². The number of fused-ring (bicyclic) bond motifs is 1. The number of halogens is 2. The van der Waals surface area contributed by atoms with Crippen molar-refractivity contribution >= 4 is 55.7 Å². The zero-order chi connectivity index (χ0) is 19.6. The van der Waals surface area contributed by atoms with E-state index in [0.29, 0.717) is 21.2 Å². The number of hydrogen-bond acceptors (Lipinski definition) is 5. The van der Waals surface area contributed by atoms with Crippen LogP contribution >= 0.6 is 38.9 Å². The van der Waals surface area contributed by atoms with Gasteiger partial charge in [-0.1, -0.05) is 34.5 Å². The van der Waals surface area contributed by atoms with E-state index in [9.17, 15) is 9.59 Å². The zero-order valence-corrected chi connectivity index (χ0v) is 18.3. The van der Waals surface area contributed by atoms with Crippen LogP contribution in [0, 0.1) is 0 Å². The van der Waals surface area contributed by atoms with Gasteiger partial charge in [-0.15, -0.1) is 11.3 Å². The number of carbonyl (C=O) groups excluding carboxylic acids is 2. The molecule has 144 valence electrons. The fourth-order valence-electron chi connectivity index (χ4n) is 3.21. The van der Waals surface area contributed by atoms with Gasteiger partial charge in [0.15, 0.2) is 0 Å². The summed E-state index contributed by atoms with van der Waals surface area (Å²) in [6, 6.07) is 5.08. The summed E-state index contributed by atoms with van der Waals surface area (Å²) in [6.45, 7) is 4.84. The van der Waals surface area contributed by atoms with Gasteiger partial charge in [0.2, 0.25) is 0 Å². The fraction of sp³-hybridized carbons (Fsp3) is 0.368. The van der Waals surface area contributed by atoms with Gasteiger partial charge >= 0.3 is 5.97 Å². The predicted molar refractivity (Wildman–Crippen MR) is 112 cm³/mol. The molecule has 0 bridgehead atoms. The summed E-state index contributed by atoms with van der Waals surface area (Å²) in [4.78, 5) is 28.6. The number of hydrogen-bond donors (Lipinski definition) is 1. The summed E-state index contributed by atoms with van der Waals surface area (Å²) < 4.78 is 5.73. The van der Waals surface area contributed by atoms with Crippen molar-refractivity contribution in [1.82, 2.24) is 4.90 Å². The monoisotopic (exact) mass is 470 g/mol. The van der Waals surface area contributed by atoms with Crippen LogP contribution in [0.1, 0.15) is 44.5 Å². The van der Waals surface area contributed by atoms with Crippen LogP contribution in [-0.4, -0.2) is 37.0 Å². The fourth-order valence-corrected chi connectivity index (χ4v) is 5.05. The lowest BCUT2D eigenvalue weighted by molar-refractivity contribution is 0.0600. The van der Waals surface area contributed by atoms with Crippen LogP contribution in [0.25, 0.3) is 0 Å². The molecular weight excluding hydrogens is 452 g/mol. The average molecular weight is 472 g/mol. The Balaban J connectivity index is 1.94. The lowest BCUT2D eigenvalue weighted by atomic mass is 10.0. The number of esters is 1. The summed E-state index contributed by atoms with van der Waals surface area (Å²) in [5.74, 6) is -0.775. The highest BCUT2D eigenvalue weighted by Gasteiger charge is 2.29. The molecule has 8 heteroatoms. The van der Waals surface area contributed by atoms with Crippen molar-refractivity contribution < 1.29 is 14.3 Å². The molecule has 0 aliphatic carbocycles. The van der Waals surface area contributed by atoms with Gasteiger partial charge in [0.05, 0.1) is 23.3 Å². The third-order valence-corrected chi connectivity index (χ3v) is 6.42. The van der Waals surface area contributed by atoms with Crippen LogP contribution in [0.4, 0.5) is 5.00 Å². The number of benzene rings is 1. The van der Waals surface area contributed by atoms with E-state index in [2.05, 4.69) is 33.1 Å². The van der Waals surface area contributed by atoms with Gasteiger partial charge in [-0.2, -0.15) is 0 Å². The number of nitrogens with one attached hydrogen (secondary N) is 1. The number of thiophene rings is 1. The third kappa shape index (κ3) is 4.37.